The third-order valence-corrected chi connectivity index (χ3v) is 7.03. The van der Waals surface area contributed by atoms with E-state index in [-0.39, 0.29) is 0 Å². The Morgan fingerprint density at radius 1 is 1.17 bits per heavy atom. The number of benzene rings is 1. The third-order valence-electron chi connectivity index (χ3n) is 6.74. The van der Waals surface area contributed by atoms with E-state index in [1.165, 1.54) is 5.56 Å². The Hall–Kier alpha value is -3.12. The quantitative estimate of drug-likeness (QED) is 0.398. The van der Waals surface area contributed by atoms with Gasteiger partial charge in [-0.05, 0) is 42.2 Å². The largest absolute Gasteiger partial charge is 0.388 e. The van der Waals surface area contributed by atoms with Gasteiger partial charge in [0.15, 0.2) is 5.65 Å². The predicted molar refractivity (Wildman–Crippen MR) is 149 cm³/mol. The number of hydrogen-bond acceptors (Lipinski definition) is 6. The van der Waals surface area contributed by atoms with Crippen LogP contribution in [0.2, 0.25) is 5.02 Å². The Balaban J connectivity index is 1.86. The average molecular weight is 491 g/mol. The molecule has 1 saturated heterocycles. The summed E-state index contributed by atoms with van der Waals surface area (Å²) in [5, 5.41) is 4.84. The van der Waals surface area contributed by atoms with E-state index in [0.717, 1.165) is 77.8 Å². The summed E-state index contributed by atoms with van der Waals surface area (Å²) in [4.78, 5) is 19.4. The first kappa shape index (κ1) is 25.0. The third kappa shape index (κ3) is 4.72. The summed E-state index contributed by atoms with van der Waals surface area (Å²) in [5.41, 5.74) is 6.95. The van der Waals surface area contributed by atoms with E-state index in [2.05, 4.69) is 68.1 Å². The monoisotopic (exact) mass is 490 g/mol. The van der Waals surface area contributed by atoms with Gasteiger partial charge in [0, 0.05) is 56.6 Å². The number of aryl methyl sites for hydroxylation is 2. The molecule has 1 aliphatic heterocycles. The number of allylic oxidation sites excluding steroid dienone is 1. The molecule has 35 heavy (non-hydrogen) atoms. The van der Waals surface area contributed by atoms with Gasteiger partial charge in [0.25, 0.3) is 0 Å². The molecule has 0 atom stereocenters. The van der Waals surface area contributed by atoms with E-state index < -0.39 is 0 Å². The van der Waals surface area contributed by atoms with Gasteiger partial charge < -0.3 is 15.1 Å². The second-order valence-electron chi connectivity index (χ2n) is 9.30. The lowest BCUT2D eigenvalue weighted by Gasteiger charge is -2.37. The van der Waals surface area contributed by atoms with Gasteiger partial charge in [-0.3, -0.25) is 0 Å². The van der Waals surface area contributed by atoms with Crippen LogP contribution in [0.3, 0.4) is 0 Å². The highest BCUT2D eigenvalue weighted by Crippen LogP contribution is 2.41. The summed E-state index contributed by atoms with van der Waals surface area (Å²) in [7, 11) is 1.95. The predicted octanol–water partition coefficient (Wildman–Crippen LogP) is 6.20. The molecular formula is C28H35ClN6. The van der Waals surface area contributed by atoms with Crippen LogP contribution in [-0.4, -0.2) is 53.1 Å². The zero-order chi connectivity index (χ0) is 25.3. The van der Waals surface area contributed by atoms with Crippen LogP contribution in [0.5, 0.6) is 0 Å². The molecule has 7 heteroatoms. The Morgan fingerprint density at radius 2 is 1.89 bits per heavy atom. The number of nitrogens with zero attached hydrogens (tertiary/aromatic N) is 5. The maximum Gasteiger partial charge on any atom is 0.165 e. The molecule has 0 bridgehead atoms. The number of halogens is 1. The number of pyridine rings is 1. The van der Waals surface area contributed by atoms with E-state index in [1.54, 1.807) is 0 Å². The molecule has 4 rings (SSSR count). The van der Waals surface area contributed by atoms with E-state index in [0.29, 0.717) is 16.6 Å². The molecule has 1 fully saturated rings. The molecule has 1 aliphatic rings. The number of piperazine rings is 1. The Kier molecular flexibility index (Phi) is 7.31. The van der Waals surface area contributed by atoms with Crippen LogP contribution in [0.4, 0.5) is 11.5 Å². The minimum atomic E-state index is 0.301. The number of fused-ring (bicyclic) bond motifs is 1. The maximum atomic E-state index is 6.96. The highest BCUT2D eigenvalue weighted by atomic mass is 35.5. The zero-order valence-electron chi connectivity index (χ0n) is 21.5. The van der Waals surface area contributed by atoms with Gasteiger partial charge in [0.05, 0.1) is 16.1 Å². The summed E-state index contributed by atoms with van der Waals surface area (Å²) in [6, 6.07) is 6.24. The van der Waals surface area contributed by atoms with Gasteiger partial charge in [-0.15, -0.1) is 0 Å². The molecule has 0 unspecified atom stereocenters. The fraction of sp³-hybridized carbons (Fsp3) is 0.393. The van der Waals surface area contributed by atoms with Crippen molar-refractivity contribution in [2.45, 2.75) is 40.0 Å². The van der Waals surface area contributed by atoms with Gasteiger partial charge >= 0.3 is 0 Å². The Labute approximate surface area is 213 Å². The minimum Gasteiger partial charge on any atom is -0.388 e. The van der Waals surface area contributed by atoms with Crippen molar-refractivity contribution in [1.29, 1.82) is 0 Å². The minimum absolute atomic E-state index is 0.301. The van der Waals surface area contributed by atoms with Crippen LogP contribution >= 0.6 is 11.6 Å². The number of hydrogen-bond donors (Lipinski definition) is 1. The molecule has 1 N–H and O–H groups in total. The number of aromatic nitrogens is 3. The molecule has 1 aromatic carbocycles. The highest BCUT2D eigenvalue weighted by molar-refractivity contribution is 6.34. The van der Waals surface area contributed by atoms with Gasteiger partial charge in [0.1, 0.15) is 11.6 Å². The van der Waals surface area contributed by atoms with Crippen molar-refractivity contribution in [3.05, 3.63) is 65.1 Å². The lowest BCUT2D eigenvalue weighted by Crippen LogP contribution is -2.46. The van der Waals surface area contributed by atoms with Crippen LogP contribution in [0.15, 0.2) is 43.1 Å². The number of rotatable bonds is 7. The summed E-state index contributed by atoms with van der Waals surface area (Å²) in [6.07, 6.45) is 2.55. The van der Waals surface area contributed by atoms with Gasteiger partial charge in [-0.25, -0.2) is 15.0 Å². The van der Waals surface area contributed by atoms with E-state index in [1.807, 2.05) is 19.2 Å². The molecule has 0 radical (unpaired) electrons. The van der Waals surface area contributed by atoms with Crippen LogP contribution in [0.25, 0.3) is 22.3 Å². The van der Waals surface area contributed by atoms with Crippen molar-refractivity contribution in [3.63, 3.8) is 0 Å². The molecule has 0 saturated carbocycles. The molecule has 3 aromatic rings. The fourth-order valence-corrected chi connectivity index (χ4v) is 5.07. The van der Waals surface area contributed by atoms with Gasteiger partial charge in [-0.2, -0.15) is 0 Å². The van der Waals surface area contributed by atoms with Gasteiger partial charge in [-0.1, -0.05) is 51.6 Å². The first-order chi connectivity index (χ1) is 16.8. The van der Waals surface area contributed by atoms with Crippen LogP contribution < -0.4 is 10.2 Å². The number of anilines is 2. The van der Waals surface area contributed by atoms with Crippen LogP contribution in [0, 0.1) is 6.92 Å². The van der Waals surface area contributed by atoms with E-state index in [9.17, 15) is 0 Å². The van der Waals surface area contributed by atoms with Crippen LogP contribution in [0.1, 0.15) is 43.6 Å². The Morgan fingerprint density at radius 3 is 2.49 bits per heavy atom. The molecule has 3 heterocycles. The second-order valence-corrected chi connectivity index (χ2v) is 9.71. The number of nitrogens with one attached hydrogen (secondary N) is 1. The summed E-state index contributed by atoms with van der Waals surface area (Å²) < 4.78 is 0. The summed E-state index contributed by atoms with van der Waals surface area (Å²) in [5.74, 6) is 1.99. The van der Waals surface area contributed by atoms with Crippen molar-refractivity contribution in [2.24, 2.45) is 0 Å². The van der Waals surface area contributed by atoms with Crippen molar-refractivity contribution in [3.8, 4) is 11.3 Å². The molecule has 6 nitrogen and oxygen atoms in total. The highest BCUT2D eigenvalue weighted by Gasteiger charge is 2.24. The average Bonchev–Trinajstić information content (AvgIpc) is 2.87. The first-order valence-electron chi connectivity index (χ1n) is 12.3. The Bertz CT molecular complexity index is 1270. The molecule has 0 spiro atoms. The van der Waals surface area contributed by atoms with Crippen molar-refractivity contribution >= 4 is 34.1 Å². The maximum absolute atomic E-state index is 6.96. The van der Waals surface area contributed by atoms with Crippen molar-refractivity contribution < 1.29 is 0 Å². The van der Waals surface area contributed by atoms with Crippen molar-refractivity contribution in [1.82, 2.24) is 19.9 Å². The first-order valence-corrected chi connectivity index (χ1v) is 12.7. The summed E-state index contributed by atoms with van der Waals surface area (Å²) >= 11 is 6.96. The van der Waals surface area contributed by atoms with E-state index >= 15 is 0 Å². The summed E-state index contributed by atoms with van der Waals surface area (Å²) in [6.45, 7) is 19.9. The van der Waals surface area contributed by atoms with Gasteiger partial charge in [0.2, 0.25) is 0 Å². The molecule has 2 aromatic heterocycles. The standard InChI is InChI=1S/C28H35ClN6/c1-8-19(6)34-12-14-35(15-13-34)28-20-16-21(29)26(33-27(20)31-23(9-2)32-28)25-18(5)10-11-22(30-7)24(25)17(3)4/h8,10-11,16-17,30H,1,6,9,12-15H2,2-5,7H3. The molecule has 0 amide bonds. The smallest absolute Gasteiger partial charge is 0.165 e. The SMILES string of the molecule is C=CC(=C)N1CCN(c2nc(CC)nc3nc(-c4c(C)ccc(NC)c4C(C)C)c(Cl)cc23)CC1. The topological polar surface area (TPSA) is 57.2 Å². The lowest BCUT2D eigenvalue weighted by molar-refractivity contribution is 0.331. The normalized spacial score (nSPS) is 14.0. The van der Waals surface area contributed by atoms with Crippen molar-refractivity contribution in [2.75, 3.05) is 43.4 Å². The lowest BCUT2D eigenvalue weighted by atomic mass is 9.89. The fourth-order valence-electron chi connectivity index (χ4n) is 4.83. The zero-order valence-corrected chi connectivity index (χ0v) is 22.2. The molecule has 0 aliphatic carbocycles. The molecule has 184 valence electrons. The van der Waals surface area contributed by atoms with E-state index in [4.69, 9.17) is 26.6 Å². The molecular weight excluding hydrogens is 456 g/mol. The van der Waals surface area contributed by atoms with Crippen LogP contribution in [-0.2, 0) is 6.42 Å². The second kappa shape index (κ2) is 10.2.